The summed E-state index contributed by atoms with van der Waals surface area (Å²) in [5, 5.41) is 10.2. The first-order valence-electron chi connectivity index (χ1n) is 8.88. The third-order valence-electron chi connectivity index (χ3n) is 4.21. The molecule has 0 aliphatic heterocycles. The van der Waals surface area contributed by atoms with Crippen molar-refractivity contribution in [1.29, 1.82) is 0 Å². The van der Waals surface area contributed by atoms with E-state index in [1.54, 1.807) is 49.4 Å². The number of hydrogen-bond acceptors (Lipinski definition) is 8. The van der Waals surface area contributed by atoms with Crippen molar-refractivity contribution in [2.45, 2.75) is 17.3 Å². The second-order valence-electron chi connectivity index (χ2n) is 6.26. The molecule has 0 aliphatic rings. The molecule has 3 rings (SSSR count). The van der Waals surface area contributed by atoms with Crippen LogP contribution in [0.1, 0.15) is 28.9 Å². The number of nitrogens with one attached hydrogen (secondary N) is 2. The molecule has 0 bridgehead atoms. The van der Waals surface area contributed by atoms with Crippen LogP contribution in [0.5, 0.6) is 11.5 Å². The zero-order valence-corrected chi connectivity index (χ0v) is 19.1. The third-order valence-corrected chi connectivity index (χ3v) is 7.29. The molecular formula is C19H19ClN4O5S2. The summed E-state index contributed by atoms with van der Waals surface area (Å²) in [6, 6.07) is 10.9. The summed E-state index contributed by atoms with van der Waals surface area (Å²) in [5.41, 5.74) is 0.822. The number of amides is 1. The van der Waals surface area contributed by atoms with E-state index in [1.807, 2.05) is 0 Å². The molecule has 1 atom stereocenters. The van der Waals surface area contributed by atoms with Crippen molar-refractivity contribution in [3.05, 3.63) is 58.6 Å². The first-order chi connectivity index (χ1) is 14.7. The van der Waals surface area contributed by atoms with E-state index < -0.39 is 22.0 Å². The molecule has 0 saturated carbocycles. The Morgan fingerprint density at radius 3 is 2.55 bits per heavy atom. The Morgan fingerprint density at radius 1 is 1.13 bits per heavy atom. The van der Waals surface area contributed by atoms with Crippen LogP contribution in [0.3, 0.4) is 0 Å². The van der Waals surface area contributed by atoms with Crippen LogP contribution in [0.4, 0.5) is 5.13 Å². The fraction of sp³-hybridized carbons (Fsp3) is 0.211. The summed E-state index contributed by atoms with van der Waals surface area (Å²) in [6.07, 6.45) is 0. The number of anilines is 1. The molecule has 1 heterocycles. The number of carbonyl (C=O) groups is 1. The SMILES string of the molecule is COc1ccc(OC)c(C(C)NS(=O)(=O)c2nnc(NC(=O)c3ccccc3Cl)s2)c1. The molecule has 31 heavy (non-hydrogen) atoms. The number of aromatic nitrogens is 2. The van der Waals surface area contributed by atoms with Crippen LogP contribution in [0.25, 0.3) is 0 Å². The summed E-state index contributed by atoms with van der Waals surface area (Å²) in [4.78, 5) is 12.3. The molecule has 164 valence electrons. The van der Waals surface area contributed by atoms with Gasteiger partial charge < -0.3 is 9.47 Å². The molecular weight excluding hydrogens is 464 g/mol. The normalized spacial score (nSPS) is 12.3. The van der Waals surface area contributed by atoms with E-state index in [2.05, 4.69) is 20.2 Å². The smallest absolute Gasteiger partial charge is 0.270 e. The van der Waals surface area contributed by atoms with E-state index in [-0.39, 0.29) is 20.1 Å². The minimum atomic E-state index is -4.02. The second-order valence-corrected chi connectivity index (χ2v) is 9.53. The lowest BCUT2D eigenvalue weighted by Crippen LogP contribution is -2.27. The predicted molar refractivity (Wildman–Crippen MR) is 118 cm³/mol. The van der Waals surface area contributed by atoms with E-state index >= 15 is 0 Å². The molecule has 0 fully saturated rings. The number of carbonyl (C=O) groups excluding carboxylic acids is 1. The van der Waals surface area contributed by atoms with Gasteiger partial charge in [0.1, 0.15) is 11.5 Å². The van der Waals surface area contributed by atoms with Gasteiger partial charge in [-0.3, -0.25) is 10.1 Å². The predicted octanol–water partition coefficient (Wildman–Crippen LogP) is 3.50. The number of hydrogen-bond donors (Lipinski definition) is 2. The van der Waals surface area contributed by atoms with Gasteiger partial charge in [0.05, 0.1) is 24.8 Å². The highest BCUT2D eigenvalue weighted by Crippen LogP contribution is 2.31. The Balaban J connectivity index is 1.77. The van der Waals surface area contributed by atoms with Crippen LogP contribution in [0.2, 0.25) is 5.02 Å². The van der Waals surface area contributed by atoms with Crippen LogP contribution in [-0.2, 0) is 10.0 Å². The Bertz CT molecular complexity index is 1200. The Labute approximate surface area is 188 Å². The van der Waals surface area contributed by atoms with Crippen LogP contribution >= 0.6 is 22.9 Å². The van der Waals surface area contributed by atoms with E-state index in [0.717, 1.165) is 11.3 Å². The Morgan fingerprint density at radius 2 is 1.87 bits per heavy atom. The molecule has 1 unspecified atom stereocenters. The maximum Gasteiger partial charge on any atom is 0.270 e. The standard InChI is InChI=1S/C19H19ClN4O5S2/c1-11(14-10-12(28-2)8-9-16(14)29-3)24-31(26,27)19-23-22-18(30-19)21-17(25)13-6-4-5-7-15(13)20/h4-11,24H,1-3H3,(H,21,22,25). The average molecular weight is 483 g/mol. The lowest BCUT2D eigenvalue weighted by atomic mass is 10.1. The van der Waals surface area contributed by atoms with Crippen LogP contribution in [0.15, 0.2) is 46.8 Å². The fourth-order valence-electron chi connectivity index (χ4n) is 2.70. The fourth-order valence-corrected chi connectivity index (χ4v) is 5.06. The van der Waals surface area contributed by atoms with Gasteiger partial charge in [0.15, 0.2) is 0 Å². The first-order valence-corrected chi connectivity index (χ1v) is 11.6. The molecule has 1 amide bonds. The number of benzene rings is 2. The number of ether oxygens (including phenoxy) is 2. The summed E-state index contributed by atoms with van der Waals surface area (Å²) in [6.45, 7) is 1.66. The van der Waals surface area contributed by atoms with Crippen molar-refractivity contribution in [1.82, 2.24) is 14.9 Å². The van der Waals surface area contributed by atoms with Gasteiger partial charge in [-0.2, -0.15) is 0 Å². The van der Waals surface area contributed by atoms with E-state index in [4.69, 9.17) is 21.1 Å². The number of sulfonamides is 1. The molecule has 0 spiro atoms. The van der Waals surface area contributed by atoms with Gasteiger partial charge in [-0.15, -0.1) is 10.2 Å². The maximum absolute atomic E-state index is 12.8. The van der Waals surface area contributed by atoms with Gasteiger partial charge in [-0.1, -0.05) is 35.1 Å². The highest BCUT2D eigenvalue weighted by molar-refractivity contribution is 7.91. The van der Waals surface area contributed by atoms with E-state index in [0.29, 0.717) is 17.1 Å². The first kappa shape index (κ1) is 22.9. The minimum Gasteiger partial charge on any atom is -0.497 e. The molecule has 12 heteroatoms. The van der Waals surface area contributed by atoms with Gasteiger partial charge in [0.2, 0.25) is 9.47 Å². The van der Waals surface area contributed by atoms with Crippen LogP contribution in [0, 0.1) is 0 Å². The third kappa shape index (κ3) is 5.31. The topological polar surface area (TPSA) is 120 Å². The van der Waals surface area contributed by atoms with Crippen molar-refractivity contribution in [3.63, 3.8) is 0 Å². The van der Waals surface area contributed by atoms with Crippen molar-refractivity contribution in [2.75, 3.05) is 19.5 Å². The van der Waals surface area contributed by atoms with Gasteiger partial charge >= 0.3 is 0 Å². The quantitative estimate of drug-likeness (QED) is 0.471. The molecule has 2 N–H and O–H groups in total. The average Bonchev–Trinajstić information content (AvgIpc) is 3.22. The molecule has 3 aromatic rings. The molecule has 0 aliphatic carbocycles. The number of halogens is 1. The summed E-state index contributed by atoms with van der Waals surface area (Å²) >= 11 is 6.73. The van der Waals surface area contributed by atoms with Crippen molar-refractivity contribution < 1.29 is 22.7 Å². The lowest BCUT2D eigenvalue weighted by Gasteiger charge is -2.17. The van der Waals surface area contributed by atoms with Gasteiger partial charge in [0.25, 0.3) is 15.9 Å². The largest absolute Gasteiger partial charge is 0.497 e. The summed E-state index contributed by atoms with van der Waals surface area (Å²) < 4.78 is 38.3. The van der Waals surface area contributed by atoms with Crippen molar-refractivity contribution in [2.24, 2.45) is 0 Å². The summed E-state index contributed by atoms with van der Waals surface area (Å²) in [7, 11) is -1.01. The second kappa shape index (κ2) is 9.60. The zero-order chi connectivity index (χ0) is 22.6. The number of rotatable bonds is 8. The maximum atomic E-state index is 12.8. The molecule has 0 saturated heterocycles. The van der Waals surface area contributed by atoms with E-state index in [1.165, 1.54) is 14.2 Å². The van der Waals surface area contributed by atoms with Crippen molar-refractivity contribution >= 4 is 44.0 Å². The monoisotopic (exact) mass is 482 g/mol. The Kier molecular flexibility index (Phi) is 7.11. The molecule has 9 nitrogen and oxygen atoms in total. The van der Waals surface area contributed by atoms with Gasteiger partial charge in [-0.25, -0.2) is 13.1 Å². The number of nitrogens with zero attached hydrogens (tertiary/aromatic N) is 2. The summed E-state index contributed by atoms with van der Waals surface area (Å²) in [5.74, 6) is 0.538. The molecule has 0 radical (unpaired) electrons. The Hall–Kier alpha value is -2.73. The minimum absolute atomic E-state index is 0.0249. The highest BCUT2D eigenvalue weighted by atomic mass is 35.5. The lowest BCUT2D eigenvalue weighted by molar-refractivity contribution is 0.102. The number of methoxy groups -OCH3 is 2. The highest BCUT2D eigenvalue weighted by Gasteiger charge is 2.25. The van der Waals surface area contributed by atoms with Gasteiger partial charge in [0, 0.05) is 11.6 Å². The molecule has 1 aromatic heterocycles. The zero-order valence-electron chi connectivity index (χ0n) is 16.7. The van der Waals surface area contributed by atoms with Crippen LogP contribution < -0.4 is 19.5 Å². The van der Waals surface area contributed by atoms with Crippen LogP contribution in [-0.4, -0.2) is 38.7 Å². The molecule has 2 aromatic carbocycles. The van der Waals surface area contributed by atoms with Crippen molar-refractivity contribution in [3.8, 4) is 11.5 Å². The van der Waals surface area contributed by atoms with Gasteiger partial charge in [-0.05, 0) is 37.3 Å². The van der Waals surface area contributed by atoms with E-state index in [9.17, 15) is 13.2 Å².